The van der Waals surface area contributed by atoms with E-state index in [1.165, 1.54) is 4.90 Å². The zero-order valence-corrected chi connectivity index (χ0v) is 16.4. The summed E-state index contributed by atoms with van der Waals surface area (Å²) in [5, 5.41) is 11.5. The molecule has 1 amide bonds. The fourth-order valence-corrected chi connectivity index (χ4v) is 2.58. The monoisotopic (exact) mass is 425 g/mol. The second-order valence-electron chi connectivity index (χ2n) is 5.60. The van der Waals surface area contributed by atoms with Gasteiger partial charge in [-0.3, -0.25) is 5.32 Å². The Kier molecular flexibility index (Phi) is 9.19. The highest BCUT2D eigenvalue weighted by Crippen LogP contribution is 2.28. The molecule has 28 heavy (non-hydrogen) atoms. The summed E-state index contributed by atoms with van der Waals surface area (Å²) in [5.74, 6) is -1.29. The number of ether oxygens (including phenoxy) is 2. The molecule has 1 aromatic rings. The maximum Gasteiger partial charge on any atom is 0.413 e. The summed E-state index contributed by atoms with van der Waals surface area (Å²) < 4.78 is 47.4. The third kappa shape index (κ3) is 6.09. The topological polar surface area (TPSA) is 104 Å². The van der Waals surface area contributed by atoms with E-state index in [1.807, 2.05) is 0 Å². The number of H-pyrrole nitrogens is 1. The molecule has 0 saturated carbocycles. The summed E-state index contributed by atoms with van der Waals surface area (Å²) in [7, 11) is 0. The van der Waals surface area contributed by atoms with E-state index in [9.17, 15) is 27.9 Å². The summed E-state index contributed by atoms with van der Waals surface area (Å²) in [4.78, 5) is 27.1. The maximum atomic E-state index is 12.6. The number of halogens is 3. The van der Waals surface area contributed by atoms with Crippen LogP contribution in [-0.4, -0.2) is 66.2 Å². The molecule has 3 N–H and O–H groups in total. The molecule has 0 aliphatic rings. The molecule has 0 aliphatic carbocycles. The lowest BCUT2D eigenvalue weighted by Gasteiger charge is -2.26. The number of hydrogen-bond donors (Lipinski definition) is 3. The third-order valence-electron chi connectivity index (χ3n) is 3.76. The Balaban J connectivity index is 3.13. The Hall–Kier alpha value is -2.34. The van der Waals surface area contributed by atoms with Gasteiger partial charge in [-0.25, -0.2) is 22.8 Å². The van der Waals surface area contributed by atoms with Gasteiger partial charge in [-0.15, -0.1) is 0 Å². The first kappa shape index (κ1) is 23.7. The molecule has 0 saturated heterocycles. The largest absolute Gasteiger partial charge is 0.477 e. The van der Waals surface area contributed by atoms with Crippen molar-refractivity contribution in [1.29, 1.82) is 0 Å². The van der Waals surface area contributed by atoms with E-state index < -0.39 is 37.9 Å². The molecule has 0 radical (unpaired) electrons. The maximum absolute atomic E-state index is 12.6. The lowest BCUT2D eigenvalue weighted by Crippen LogP contribution is -2.45. The van der Waals surface area contributed by atoms with Gasteiger partial charge >= 0.3 is 12.1 Å². The van der Waals surface area contributed by atoms with Gasteiger partial charge in [0, 0.05) is 12.2 Å². The number of rotatable bonds is 9. The van der Waals surface area contributed by atoms with Crippen molar-refractivity contribution in [2.45, 2.75) is 33.3 Å². The molecule has 1 aromatic heterocycles. The molecular weight excluding hydrogens is 403 g/mol. The first-order chi connectivity index (χ1) is 13.1. The van der Waals surface area contributed by atoms with Crippen molar-refractivity contribution in [2.24, 2.45) is 0 Å². The van der Waals surface area contributed by atoms with Crippen LogP contribution >= 0.6 is 12.2 Å². The number of alkyl carbamates (subject to hydrolysis) is 1. The molecule has 158 valence electrons. The molecule has 0 aromatic carbocycles. The van der Waals surface area contributed by atoms with Crippen molar-refractivity contribution in [2.75, 3.05) is 31.3 Å². The van der Waals surface area contributed by atoms with Crippen LogP contribution in [0, 0.1) is 13.8 Å². The van der Waals surface area contributed by atoms with E-state index in [4.69, 9.17) is 21.7 Å². The van der Waals surface area contributed by atoms with Gasteiger partial charge < -0.3 is 24.5 Å². The van der Waals surface area contributed by atoms with Crippen LogP contribution in [0.1, 0.15) is 28.7 Å². The molecular formula is C16H22F3N3O5S. The van der Waals surface area contributed by atoms with Crippen LogP contribution < -0.4 is 10.2 Å². The quantitative estimate of drug-likeness (QED) is 0.523. The van der Waals surface area contributed by atoms with E-state index >= 15 is 0 Å². The molecule has 1 atom stereocenters. The minimum Gasteiger partial charge on any atom is -0.477 e. The Morgan fingerprint density at radius 2 is 2.00 bits per heavy atom. The number of nitrogens with zero attached hydrogens (tertiary/aromatic N) is 1. The van der Waals surface area contributed by atoms with E-state index in [2.05, 4.69) is 10.3 Å². The van der Waals surface area contributed by atoms with Gasteiger partial charge in [0.2, 0.25) is 0 Å². The number of carboxylic acid groups (broad SMARTS) is 1. The summed E-state index contributed by atoms with van der Waals surface area (Å²) >= 11 is 5.15. The van der Waals surface area contributed by atoms with E-state index in [0.717, 1.165) is 0 Å². The second kappa shape index (κ2) is 10.9. The Bertz CT molecular complexity index is 714. The van der Waals surface area contributed by atoms with Crippen molar-refractivity contribution in [3.63, 3.8) is 0 Å². The van der Waals surface area contributed by atoms with Crippen LogP contribution in [0.3, 0.4) is 0 Å². The zero-order valence-electron chi connectivity index (χ0n) is 15.6. The van der Waals surface area contributed by atoms with Crippen LogP contribution in [0.15, 0.2) is 0 Å². The summed E-state index contributed by atoms with van der Waals surface area (Å²) in [6.07, 6.45) is -5.80. The van der Waals surface area contributed by atoms with Gasteiger partial charge in [0.15, 0.2) is 5.11 Å². The smallest absolute Gasteiger partial charge is 0.413 e. The Morgan fingerprint density at radius 3 is 2.50 bits per heavy atom. The highest BCUT2D eigenvalue weighted by atomic mass is 32.1. The van der Waals surface area contributed by atoms with Crippen LogP contribution in [0.25, 0.3) is 0 Å². The van der Waals surface area contributed by atoms with Crippen LogP contribution in [0.2, 0.25) is 0 Å². The Labute approximate surface area is 165 Å². The van der Waals surface area contributed by atoms with Gasteiger partial charge in [-0.05, 0) is 38.6 Å². The van der Waals surface area contributed by atoms with Crippen molar-refractivity contribution < 1.29 is 37.3 Å². The standard InChI is InChI=1S/C16H22F3N3O5S/c1-4-26-16(25)21-15(28)22(5-6-27-10(7-17)13(18)19)12-8(2)9(3)20-11(12)14(23)24/h10,13,20H,4-7H2,1-3H3,(H,23,24)(H,21,25,28). The van der Waals surface area contributed by atoms with Crippen molar-refractivity contribution in [3.05, 3.63) is 17.0 Å². The summed E-state index contributed by atoms with van der Waals surface area (Å²) in [5.41, 5.74) is 0.968. The normalized spacial score (nSPS) is 12.0. The Morgan fingerprint density at radius 1 is 1.36 bits per heavy atom. The van der Waals surface area contributed by atoms with Gasteiger partial charge in [0.1, 0.15) is 18.5 Å². The summed E-state index contributed by atoms with van der Waals surface area (Å²) in [6, 6.07) is 0. The molecule has 1 heterocycles. The van der Waals surface area contributed by atoms with E-state index in [1.54, 1.807) is 20.8 Å². The number of nitrogens with one attached hydrogen (secondary N) is 2. The number of aromatic nitrogens is 1. The number of aromatic carboxylic acids is 1. The van der Waals surface area contributed by atoms with Crippen molar-refractivity contribution in [1.82, 2.24) is 10.3 Å². The highest BCUT2D eigenvalue weighted by Gasteiger charge is 2.27. The van der Waals surface area contributed by atoms with E-state index in [-0.39, 0.29) is 29.6 Å². The van der Waals surface area contributed by atoms with Crippen LogP contribution in [-0.2, 0) is 9.47 Å². The number of amides is 1. The number of alkyl halides is 3. The first-order valence-corrected chi connectivity index (χ1v) is 8.68. The molecule has 0 fully saturated rings. The first-order valence-electron chi connectivity index (χ1n) is 8.27. The number of carbonyl (C=O) groups excluding carboxylic acids is 1. The second-order valence-corrected chi connectivity index (χ2v) is 5.99. The molecule has 0 spiro atoms. The third-order valence-corrected chi connectivity index (χ3v) is 4.08. The fourth-order valence-electron chi connectivity index (χ4n) is 2.31. The number of aryl methyl sites for hydroxylation is 1. The molecule has 12 heteroatoms. The van der Waals surface area contributed by atoms with Crippen molar-refractivity contribution in [3.8, 4) is 0 Å². The number of carboxylic acids is 1. The SMILES string of the molecule is CCOC(=O)NC(=S)N(CCOC(CF)C(F)F)c1c(C(=O)O)[nH]c(C)c1C. The molecule has 1 unspecified atom stereocenters. The predicted molar refractivity (Wildman–Crippen MR) is 99.0 cm³/mol. The van der Waals surface area contributed by atoms with E-state index in [0.29, 0.717) is 11.3 Å². The van der Waals surface area contributed by atoms with Gasteiger partial charge in [0.25, 0.3) is 6.43 Å². The predicted octanol–water partition coefficient (Wildman–Crippen LogP) is 2.79. The number of carbonyl (C=O) groups is 2. The number of aromatic amines is 1. The molecule has 0 bridgehead atoms. The number of anilines is 1. The minimum absolute atomic E-state index is 0.0762. The number of thiocarbonyl (C=S) groups is 1. The molecule has 8 nitrogen and oxygen atoms in total. The molecule has 0 aliphatic heterocycles. The lowest BCUT2D eigenvalue weighted by atomic mass is 10.2. The zero-order chi connectivity index (χ0) is 21.4. The average molecular weight is 425 g/mol. The van der Waals surface area contributed by atoms with Gasteiger partial charge in [0.05, 0.1) is 18.9 Å². The highest BCUT2D eigenvalue weighted by molar-refractivity contribution is 7.80. The van der Waals surface area contributed by atoms with Crippen molar-refractivity contribution >= 4 is 35.1 Å². The van der Waals surface area contributed by atoms with Crippen LogP contribution in [0.4, 0.5) is 23.7 Å². The fraction of sp³-hybridized carbons (Fsp3) is 0.562. The lowest BCUT2D eigenvalue weighted by molar-refractivity contribution is -0.0628. The number of hydrogen-bond acceptors (Lipinski definition) is 5. The van der Waals surface area contributed by atoms with Gasteiger partial charge in [-0.2, -0.15) is 0 Å². The minimum atomic E-state index is -3.02. The average Bonchev–Trinajstić information content (AvgIpc) is 2.90. The summed E-state index contributed by atoms with van der Waals surface area (Å²) in [6.45, 7) is 2.92. The van der Waals surface area contributed by atoms with Gasteiger partial charge in [-0.1, -0.05) is 0 Å². The molecule has 1 rings (SSSR count). The van der Waals surface area contributed by atoms with Crippen LogP contribution in [0.5, 0.6) is 0 Å².